The summed E-state index contributed by atoms with van der Waals surface area (Å²) in [5.74, 6) is 2.88. The lowest BCUT2D eigenvalue weighted by molar-refractivity contribution is -0.123. The summed E-state index contributed by atoms with van der Waals surface area (Å²) >= 11 is 0. The van der Waals surface area contributed by atoms with Crippen LogP contribution in [-0.2, 0) is 17.6 Å². The van der Waals surface area contributed by atoms with Crippen LogP contribution in [0.15, 0.2) is 36.5 Å². The highest BCUT2D eigenvalue weighted by atomic mass is 16.2. The Morgan fingerprint density at radius 1 is 1.09 bits per heavy atom. The van der Waals surface area contributed by atoms with Crippen LogP contribution in [0.2, 0.25) is 0 Å². The normalized spacial score (nSPS) is 16.4. The smallest absolute Gasteiger partial charge is 0.230 e. The van der Waals surface area contributed by atoms with Gasteiger partial charge in [0.25, 0.3) is 0 Å². The molecule has 3 aromatic rings. The fraction of sp³-hybridized carbons (Fsp3) is 0.464. The van der Waals surface area contributed by atoms with Gasteiger partial charge in [0.1, 0.15) is 11.6 Å². The molecular weight excluding hydrogens is 422 g/mol. The molecule has 34 heavy (non-hydrogen) atoms. The van der Waals surface area contributed by atoms with Gasteiger partial charge in [0.15, 0.2) is 0 Å². The molecule has 2 aromatic heterocycles. The SMILES string of the molecule is Cc1ccc(N2CCC(C(=O)N3CCc4[nH]c(CC(C)C)nc4-c4cc(C)ccc43)CC2)nc1. The number of aromatic nitrogens is 3. The molecule has 1 saturated heterocycles. The van der Waals surface area contributed by atoms with Crippen molar-refractivity contribution in [2.45, 2.75) is 53.4 Å². The third-order valence-electron chi connectivity index (χ3n) is 7.04. The predicted molar refractivity (Wildman–Crippen MR) is 137 cm³/mol. The largest absolute Gasteiger partial charge is 0.357 e. The molecule has 0 saturated carbocycles. The van der Waals surface area contributed by atoms with Crippen molar-refractivity contribution in [1.29, 1.82) is 0 Å². The molecule has 2 aliphatic rings. The van der Waals surface area contributed by atoms with E-state index in [1.807, 2.05) is 11.1 Å². The molecule has 0 atom stereocenters. The van der Waals surface area contributed by atoms with Crippen LogP contribution in [0.4, 0.5) is 11.5 Å². The fourth-order valence-electron chi connectivity index (χ4n) is 5.22. The molecule has 1 fully saturated rings. The van der Waals surface area contributed by atoms with Gasteiger partial charge in [0.2, 0.25) is 5.91 Å². The number of nitrogens with zero attached hydrogens (tertiary/aromatic N) is 4. The molecule has 178 valence electrons. The van der Waals surface area contributed by atoms with E-state index in [0.29, 0.717) is 12.5 Å². The predicted octanol–water partition coefficient (Wildman–Crippen LogP) is 5.09. The van der Waals surface area contributed by atoms with Crippen LogP contribution in [-0.4, -0.2) is 40.5 Å². The third kappa shape index (κ3) is 4.46. The number of benzene rings is 1. The number of H-pyrrole nitrogens is 1. The second kappa shape index (κ2) is 9.24. The second-order valence-corrected chi connectivity index (χ2v) is 10.3. The highest BCUT2D eigenvalue weighted by Gasteiger charge is 2.33. The number of rotatable bonds is 4. The number of hydrogen-bond acceptors (Lipinski definition) is 4. The van der Waals surface area contributed by atoms with Crippen LogP contribution in [0.1, 0.15) is 49.3 Å². The number of fused-ring (bicyclic) bond motifs is 3. The minimum Gasteiger partial charge on any atom is -0.357 e. The van der Waals surface area contributed by atoms with Crippen molar-refractivity contribution in [2.24, 2.45) is 11.8 Å². The second-order valence-electron chi connectivity index (χ2n) is 10.3. The number of aromatic amines is 1. The molecule has 2 aliphatic heterocycles. The Kier molecular flexibility index (Phi) is 6.15. The van der Waals surface area contributed by atoms with Crippen LogP contribution < -0.4 is 9.80 Å². The standard InChI is InChI=1S/C28H35N5O/c1-18(2)15-25-30-23-11-14-33(24-7-5-19(3)16-22(24)27(23)31-25)28(34)21-9-12-32(13-10-21)26-8-6-20(4)17-29-26/h5-8,16-18,21H,9-15H2,1-4H3,(H,30,31). The number of carbonyl (C=O) groups is 1. The summed E-state index contributed by atoms with van der Waals surface area (Å²) < 4.78 is 0. The van der Waals surface area contributed by atoms with Gasteiger partial charge in [-0.3, -0.25) is 4.79 Å². The molecule has 0 aliphatic carbocycles. The highest BCUT2D eigenvalue weighted by molar-refractivity contribution is 5.99. The zero-order chi connectivity index (χ0) is 23.8. The van der Waals surface area contributed by atoms with Crippen LogP contribution in [0.25, 0.3) is 11.3 Å². The molecule has 0 radical (unpaired) electrons. The van der Waals surface area contributed by atoms with Gasteiger partial charge < -0.3 is 14.8 Å². The number of nitrogens with one attached hydrogen (secondary N) is 1. The molecule has 5 rings (SSSR count). The van der Waals surface area contributed by atoms with Gasteiger partial charge in [0.05, 0.1) is 11.4 Å². The Morgan fingerprint density at radius 2 is 1.85 bits per heavy atom. The highest BCUT2D eigenvalue weighted by Crippen LogP contribution is 2.38. The number of imidazole rings is 1. The maximum Gasteiger partial charge on any atom is 0.230 e. The number of piperidine rings is 1. The average Bonchev–Trinajstić information content (AvgIpc) is 3.15. The van der Waals surface area contributed by atoms with Crippen molar-refractivity contribution in [3.05, 3.63) is 59.2 Å². The number of amides is 1. The Balaban J connectivity index is 1.37. The van der Waals surface area contributed by atoms with E-state index in [4.69, 9.17) is 4.98 Å². The molecule has 0 unspecified atom stereocenters. The van der Waals surface area contributed by atoms with Crippen LogP contribution in [0, 0.1) is 25.7 Å². The number of carbonyl (C=O) groups excluding carboxylic acids is 1. The quantitative estimate of drug-likeness (QED) is 0.592. The summed E-state index contributed by atoms with van der Waals surface area (Å²) in [5, 5.41) is 0. The molecule has 1 aromatic carbocycles. The summed E-state index contributed by atoms with van der Waals surface area (Å²) in [6, 6.07) is 10.6. The zero-order valence-corrected chi connectivity index (χ0v) is 20.8. The van der Waals surface area contributed by atoms with Crippen LogP contribution >= 0.6 is 0 Å². The van der Waals surface area contributed by atoms with E-state index in [-0.39, 0.29) is 11.8 Å². The first kappa shape index (κ1) is 22.6. The molecule has 6 heteroatoms. The van der Waals surface area contributed by atoms with Gasteiger partial charge >= 0.3 is 0 Å². The third-order valence-corrected chi connectivity index (χ3v) is 7.04. The summed E-state index contributed by atoms with van der Waals surface area (Å²) in [7, 11) is 0. The molecule has 6 nitrogen and oxygen atoms in total. The van der Waals surface area contributed by atoms with E-state index in [1.165, 1.54) is 11.1 Å². The fourth-order valence-corrected chi connectivity index (χ4v) is 5.22. The summed E-state index contributed by atoms with van der Waals surface area (Å²) in [6.07, 6.45) is 5.36. The van der Waals surface area contributed by atoms with E-state index >= 15 is 0 Å². The van der Waals surface area contributed by atoms with Gasteiger partial charge in [-0.25, -0.2) is 9.97 Å². The first-order chi connectivity index (χ1) is 16.4. The molecule has 0 spiro atoms. The Hall–Kier alpha value is -3.15. The average molecular weight is 458 g/mol. The van der Waals surface area contributed by atoms with Crippen molar-refractivity contribution in [3.63, 3.8) is 0 Å². The number of aryl methyl sites for hydroxylation is 2. The first-order valence-electron chi connectivity index (χ1n) is 12.6. The first-order valence-corrected chi connectivity index (χ1v) is 12.6. The van der Waals surface area contributed by atoms with Crippen molar-refractivity contribution in [1.82, 2.24) is 15.0 Å². The van der Waals surface area contributed by atoms with Crippen molar-refractivity contribution in [2.75, 3.05) is 29.4 Å². The van der Waals surface area contributed by atoms with E-state index in [2.05, 4.69) is 72.9 Å². The Labute approximate surface area is 202 Å². The van der Waals surface area contributed by atoms with Gasteiger partial charge in [-0.05, 0) is 56.4 Å². The molecule has 1 amide bonds. The van der Waals surface area contributed by atoms with Crippen LogP contribution in [0.5, 0.6) is 0 Å². The topological polar surface area (TPSA) is 65.1 Å². The minimum atomic E-state index is 0.0387. The van der Waals surface area contributed by atoms with Gasteiger partial charge in [-0.1, -0.05) is 31.5 Å². The maximum absolute atomic E-state index is 13.8. The van der Waals surface area contributed by atoms with Gasteiger partial charge in [-0.2, -0.15) is 0 Å². The van der Waals surface area contributed by atoms with Crippen LogP contribution in [0.3, 0.4) is 0 Å². The Morgan fingerprint density at radius 3 is 2.56 bits per heavy atom. The molecule has 1 N–H and O–H groups in total. The monoisotopic (exact) mass is 457 g/mol. The summed E-state index contributed by atoms with van der Waals surface area (Å²) in [4.78, 5) is 31.2. The Bertz CT molecular complexity index is 1170. The van der Waals surface area contributed by atoms with Crippen molar-refractivity contribution < 1.29 is 4.79 Å². The lowest BCUT2D eigenvalue weighted by atomic mass is 9.94. The van der Waals surface area contributed by atoms with E-state index in [0.717, 1.165) is 73.1 Å². The number of anilines is 2. The van der Waals surface area contributed by atoms with Gasteiger partial charge in [-0.15, -0.1) is 0 Å². The minimum absolute atomic E-state index is 0.0387. The van der Waals surface area contributed by atoms with Gasteiger partial charge in [0, 0.05) is 55.8 Å². The number of hydrogen-bond donors (Lipinski definition) is 1. The van der Waals surface area contributed by atoms with Crippen molar-refractivity contribution >= 4 is 17.4 Å². The lowest BCUT2D eigenvalue weighted by Gasteiger charge is -2.35. The molecule has 0 bridgehead atoms. The van der Waals surface area contributed by atoms with E-state index in [1.54, 1.807) is 0 Å². The maximum atomic E-state index is 13.8. The number of pyridine rings is 1. The summed E-state index contributed by atoms with van der Waals surface area (Å²) in [6.45, 7) is 11.0. The molecule has 4 heterocycles. The lowest BCUT2D eigenvalue weighted by Crippen LogP contribution is -2.43. The zero-order valence-electron chi connectivity index (χ0n) is 20.8. The summed E-state index contributed by atoms with van der Waals surface area (Å²) in [5.41, 5.74) is 6.60. The van der Waals surface area contributed by atoms with E-state index < -0.39 is 0 Å². The van der Waals surface area contributed by atoms with E-state index in [9.17, 15) is 4.79 Å². The van der Waals surface area contributed by atoms with Crippen molar-refractivity contribution in [3.8, 4) is 11.3 Å². The molecular formula is C28H35N5O.